The van der Waals surface area contributed by atoms with E-state index in [1.807, 2.05) is 23.8 Å². The van der Waals surface area contributed by atoms with Crippen LogP contribution in [0.3, 0.4) is 0 Å². The number of hydrogen-bond donors (Lipinski definition) is 1. The summed E-state index contributed by atoms with van der Waals surface area (Å²) in [7, 11) is 3.13. The van der Waals surface area contributed by atoms with E-state index in [-0.39, 0.29) is 23.9 Å². The molecule has 4 aromatic rings. The second-order valence-corrected chi connectivity index (χ2v) is 8.48. The van der Waals surface area contributed by atoms with Crippen molar-refractivity contribution in [2.24, 2.45) is 0 Å². The topological polar surface area (TPSA) is 77.3 Å². The number of hydrogen-bond acceptors (Lipinski definition) is 7. The lowest BCUT2D eigenvalue weighted by atomic mass is 9.98. The van der Waals surface area contributed by atoms with E-state index in [0.29, 0.717) is 17.2 Å². The van der Waals surface area contributed by atoms with Crippen LogP contribution in [0.2, 0.25) is 0 Å². The van der Waals surface area contributed by atoms with Gasteiger partial charge in [0, 0.05) is 25.0 Å². The maximum absolute atomic E-state index is 13.9. The molecule has 0 bridgehead atoms. The minimum absolute atomic E-state index is 0.126. The number of likely N-dealkylation sites (N-methyl/N-ethyl adjacent to an activating group) is 1. The van der Waals surface area contributed by atoms with Crippen LogP contribution in [0.1, 0.15) is 22.9 Å². The zero-order chi connectivity index (χ0) is 26.3. The highest BCUT2D eigenvalue weighted by atomic mass is 19.4. The molecule has 0 fully saturated rings. The molecule has 2 aromatic carbocycles. The van der Waals surface area contributed by atoms with Crippen molar-refractivity contribution in [1.29, 1.82) is 0 Å². The van der Waals surface area contributed by atoms with Gasteiger partial charge in [-0.3, -0.25) is 0 Å². The molecular formula is C25H22F4N6O2. The number of aromatic nitrogens is 4. The van der Waals surface area contributed by atoms with Gasteiger partial charge >= 0.3 is 6.18 Å². The molecule has 5 rings (SSSR count). The standard InChI is InChI=1S/C25H22F4N6O2/c1-14-11-35(13-31-14)19-7-5-16(9-21(19)36-3)32-24-30-10-22-23(33-24)34(2)20(12-37-22)17-8-15(26)4-6-18(17)25(27,28)29/h4-11,13,20H,12H2,1-3H3,(H,30,32,33). The van der Waals surface area contributed by atoms with Crippen molar-refractivity contribution in [1.82, 2.24) is 19.5 Å². The molecule has 8 nitrogen and oxygen atoms in total. The quantitative estimate of drug-likeness (QED) is 0.355. The van der Waals surface area contributed by atoms with Gasteiger partial charge in [0.05, 0.1) is 42.6 Å². The predicted molar refractivity (Wildman–Crippen MR) is 128 cm³/mol. The highest BCUT2D eigenvalue weighted by molar-refractivity contribution is 5.64. The molecule has 0 radical (unpaired) electrons. The first kappa shape index (κ1) is 24.3. The van der Waals surface area contributed by atoms with Crippen LogP contribution in [0.4, 0.5) is 35.0 Å². The van der Waals surface area contributed by atoms with Crippen molar-refractivity contribution in [2.75, 3.05) is 31.0 Å². The Morgan fingerprint density at radius 1 is 1.14 bits per heavy atom. The molecule has 1 aliphatic rings. The Morgan fingerprint density at radius 2 is 1.95 bits per heavy atom. The maximum atomic E-state index is 13.9. The number of methoxy groups -OCH3 is 1. The second kappa shape index (κ2) is 9.26. The molecule has 192 valence electrons. The van der Waals surface area contributed by atoms with E-state index in [0.717, 1.165) is 29.6 Å². The van der Waals surface area contributed by atoms with Gasteiger partial charge in [0.25, 0.3) is 0 Å². The Labute approximate surface area is 209 Å². The van der Waals surface area contributed by atoms with E-state index in [4.69, 9.17) is 9.47 Å². The molecule has 2 aromatic heterocycles. The van der Waals surface area contributed by atoms with Gasteiger partial charge < -0.3 is 24.3 Å². The number of alkyl halides is 3. The number of aryl methyl sites for hydroxylation is 1. The summed E-state index contributed by atoms with van der Waals surface area (Å²) in [6, 6.07) is 6.91. The van der Waals surface area contributed by atoms with Crippen molar-refractivity contribution >= 4 is 17.5 Å². The number of benzene rings is 2. The molecule has 1 N–H and O–H groups in total. The average Bonchev–Trinajstić information content (AvgIpc) is 3.29. The highest BCUT2D eigenvalue weighted by Gasteiger charge is 2.38. The number of nitrogens with one attached hydrogen (secondary N) is 1. The summed E-state index contributed by atoms with van der Waals surface area (Å²) in [6.45, 7) is 1.76. The summed E-state index contributed by atoms with van der Waals surface area (Å²) in [5, 5.41) is 3.08. The first-order valence-corrected chi connectivity index (χ1v) is 11.2. The summed E-state index contributed by atoms with van der Waals surface area (Å²) in [6.07, 6.45) is 0.339. The molecule has 0 saturated heterocycles. The zero-order valence-electron chi connectivity index (χ0n) is 20.0. The minimum atomic E-state index is -4.65. The summed E-state index contributed by atoms with van der Waals surface area (Å²) >= 11 is 0. The van der Waals surface area contributed by atoms with Gasteiger partial charge in [-0.05, 0) is 42.8 Å². The summed E-state index contributed by atoms with van der Waals surface area (Å²) in [5.74, 6) is 0.571. The molecule has 0 saturated carbocycles. The van der Waals surface area contributed by atoms with Crippen molar-refractivity contribution in [3.05, 3.63) is 77.8 Å². The summed E-state index contributed by atoms with van der Waals surface area (Å²) in [5.41, 5.74) is 1.11. The number of nitrogens with zero attached hydrogens (tertiary/aromatic N) is 5. The Morgan fingerprint density at radius 3 is 2.65 bits per heavy atom. The van der Waals surface area contributed by atoms with Crippen LogP contribution in [0, 0.1) is 12.7 Å². The molecule has 12 heteroatoms. The number of imidazole rings is 1. The van der Waals surface area contributed by atoms with E-state index in [2.05, 4.69) is 20.3 Å². The molecule has 1 unspecified atom stereocenters. The fraction of sp³-hybridized carbons (Fsp3) is 0.240. The second-order valence-electron chi connectivity index (χ2n) is 8.48. The lowest BCUT2D eigenvalue weighted by Gasteiger charge is -2.36. The van der Waals surface area contributed by atoms with E-state index in [9.17, 15) is 17.6 Å². The van der Waals surface area contributed by atoms with Crippen LogP contribution in [0.5, 0.6) is 11.5 Å². The lowest BCUT2D eigenvalue weighted by molar-refractivity contribution is -0.138. The third-order valence-corrected chi connectivity index (χ3v) is 6.04. The first-order valence-electron chi connectivity index (χ1n) is 11.2. The van der Waals surface area contributed by atoms with Gasteiger partial charge in [0.1, 0.15) is 18.2 Å². The SMILES string of the molecule is COc1cc(Nc2ncc3c(n2)N(C)C(c2cc(F)ccc2C(F)(F)F)CO3)ccc1-n1cnc(C)c1. The van der Waals surface area contributed by atoms with Gasteiger partial charge in [-0.2, -0.15) is 18.2 Å². The van der Waals surface area contributed by atoms with E-state index >= 15 is 0 Å². The Balaban J connectivity index is 1.44. The highest BCUT2D eigenvalue weighted by Crippen LogP contribution is 2.42. The zero-order valence-corrected chi connectivity index (χ0v) is 20.0. The number of ether oxygens (including phenoxy) is 2. The van der Waals surface area contributed by atoms with Crippen LogP contribution in [-0.2, 0) is 6.18 Å². The number of fused-ring (bicyclic) bond motifs is 1. The third-order valence-electron chi connectivity index (χ3n) is 6.04. The third kappa shape index (κ3) is 4.74. The molecule has 1 atom stereocenters. The van der Waals surface area contributed by atoms with Crippen molar-refractivity contribution in [2.45, 2.75) is 19.1 Å². The van der Waals surface area contributed by atoms with E-state index in [1.54, 1.807) is 32.6 Å². The van der Waals surface area contributed by atoms with Crippen molar-refractivity contribution < 1.29 is 27.0 Å². The Kier molecular flexibility index (Phi) is 6.10. The van der Waals surface area contributed by atoms with Gasteiger partial charge in [-0.1, -0.05) is 0 Å². The number of halogens is 4. The average molecular weight is 514 g/mol. The van der Waals surface area contributed by atoms with Crippen LogP contribution in [0.25, 0.3) is 5.69 Å². The first-order chi connectivity index (χ1) is 17.6. The van der Waals surface area contributed by atoms with Crippen molar-refractivity contribution in [3.8, 4) is 17.2 Å². The number of anilines is 3. The molecular weight excluding hydrogens is 492 g/mol. The molecule has 37 heavy (non-hydrogen) atoms. The fourth-order valence-electron chi connectivity index (χ4n) is 4.22. The fourth-order valence-corrected chi connectivity index (χ4v) is 4.22. The number of rotatable bonds is 5. The van der Waals surface area contributed by atoms with E-state index < -0.39 is 23.6 Å². The van der Waals surface area contributed by atoms with Crippen molar-refractivity contribution in [3.63, 3.8) is 0 Å². The van der Waals surface area contributed by atoms with Gasteiger partial charge in [0.2, 0.25) is 5.95 Å². The van der Waals surface area contributed by atoms with Crippen LogP contribution in [0.15, 0.2) is 55.1 Å². The smallest absolute Gasteiger partial charge is 0.416 e. The van der Waals surface area contributed by atoms with Gasteiger partial charge in [0.15, 0.2) is 11.6 Å². The molecule has 0 amide bonds. The van der Waals surface area contributed by atoms with Crippen LogP contribution >= 0.6 is 0 Å². The van der Waals surface area contributed by atoms with Crippen LogP contribution < -0.4 is 19.7 Å². The molecule has 1 aliphatic heterocycles. The van der Waals surface area contributed by atoms with Gasteiger partial charge in [-0.25, -0.2) is 14.4 Å². The molecule has 0 spiro atoms. The summed E-state index contributed by atoms with van der Waals surface area (Å²) < 4.78 is 67.9. The lowest BCUT2D eigenvalue weighted by Crippen LogP contribution is -2.35. The Hall–Kier alpha value is -4.35. The van der Waals surface area contributed by atoms with Crippen LogP contribution in [-0.4, -0.2) is 40.3 Å². The maximum Gasteiger partial charge on any atom is 0.416 e. The largest absolute Gasteiger partial charge is 0.494 e. The monoisotopic (exact) mass is 514 g/mol. The molecule has 3 heterocycles. The molecule has 0 aliphatic carbocycles. The normalized spacial score (nSPS) is 15.2. The van der Waals surface area contributed by atoms with Gasteiger partial charge in [-0.15, -0.1) is 0 Å². The Bertz CT molecular complexity index is 1460. The van der Waals surface area contributed by atoms with E-state index in [1.165, 1.54) is 11.1 Å². The minimum Gasteiger partial charge on any atom is -0.494 e. The summed E-state index contributed by atoms with van der Waals surface area (Å²) in [4.78, 5) is 14.5. The predicted octanol–water partition coefficient (Wildman–Crippen LogP) is 5.45.